The number of benzene rings is 2. The Kier molecular flexibility index (Phi) is 8.71. The molecule has 212 valence electrons. The van der Waals surface area contributed by atoms with E-state index in [9.17, 15) is 23.2 Å². The second-order valence-corrected chi connectivity index (χ2v) is 8.91. The van der Waals surface area contributed by atoms with Gasteiger partial charge in [0.15, 0.2) is 17.4 Å². The van der Waals surface area contributed by atoms with E-state index in [1.807, 2.05) is 0 Å². The van der Waals surface area contributed by atoms with Gasteiger partial charge >= 0.3 is 0 Å². The van der Waals surface area contributed by atoms with E-state index in [0.29, 0.717) is 11.8 Å². The van der Waals surface area contributed by atoms with Gasteiger partial charge in [0.1, 0.15) is 22.9 Å². The molecule has 0 aliphatic heterocycles. The molecule has 41 heavy (non-hydrogen) atoms. The number of carbonyl (C=O) groups is 2. The van der Waals surface area contributed by atoms with Crippen LogP contribution in [0.25, 0.3) is 5.69 Å². The van der Waals surface area contributed by atoms with Crippen LogP contribution in [-0.4, -0.2) is 47.0 Å². The van der Waals surface area contributed by atoms with E-state index >= 15 is 4.39 Å². The Hall–Kier alpha value is -5.13. The van der Waals surface area contributed by atoms with Crippen molar-refractivity contribution in [3.05, 3.63) is 106 Å². The van der Waals surface area contributed by atoms with Crippen LogP contribution in [0.2, 0.25) is 0 Å². The molecule has 2 aromatic carbocycles. The molecule has 2 heterocycles. The quantitative estimate of drug-likeness (QED) is 0.315. The van der Waals surface area contributed by atoms with Crippen LogP contribution in [0.1, 0.15) is 23.0 Å². The van der Waals surface area contributed by atoms with E-state index in [2.05, 4.69) is 10.3 Å². The maximum absolute atomic E-state index is 15.0. The van der Waals surface area contributed by atoms with Gasteiger partial charge in [-0.05, 0) is 43.3 Å². The highest BCUT2D eigenvalue weighted by Gasteiger charge is 2.22. The van der Waals surface area contributed by atoms with Crippen molar-refractivity contribution in [2.24, 2.45) is 0 Å². The fraction of sp³-hybridized carbons (Fsp3) is 0.172. The summed E-state index contributed by atoms with van der Waals surface area (Å²) in [5.74, 6) is -4.26. The van der Waals surface area contributed by atoms with Gasteiger partial charge in [-0.3, -0.25) is 23.9 Å². The Morgan fingerprint density at radius 1 is 0.976 bits per heavy atom. The van der Waals surface area contributed by atoms with Crippen molar-refractivity contribution in [3.63, 3.8) is 0 Å². The zero-order chi connectivity index (χ0) is 29.7. The van der Waals surface area contributed by atoms with E-state index in [1.54, 1.807) is 21.0 Å². The first-order chi connectivity index (χ1) is 19.6. The predicted molar refractivity (Wildman–Crippen MR) is 144 cm³/mol. The summed E-state index contributed by atoms with van der Waals surface area (Å²) in [6.07, 6.45) is 2.70. The molecule has 1 N–H and O–H groups in total. The number of ether oxygens (including phenoxy) is 2. The predicted octanol–water partition coefficient (Wildman–Crippen LogP) is 4.72. The number of halogens is 3. The second kappa shape index (κ2) is 12.4. The first kappa shape index (κ1) is 28.9. The van der Waals surface area contributed by atoms with E-state index in [0.717, 1.165) is 22.8 Å². The van der Waals surface area contributed by atoms with E-state index < -0.39 is 45.9 Å². The average Bonchev–Trinajstić information content (AvgIpc) is 2.92. The molecule has 0 aliphatic rings. The van der Waals surface area contributed by atoms with E-state index in [-0.39, 0.29) is 36.1 Å². The Bertz CT molecular complexity index is 1660. The van der Waals surface area contributed by atoms with Crippen LogP contribution in [0.5, 0.6) is 17.2 Å². The molecule has 4 rings (SSSR count). The average molecular weight is 567 g/mol. The summed E-state index contributed by atoms with van der Waals surface area (Å²) in [7, 11) is 3.19. The number of pyridine rings is 2. The largest absolute Gasteiger partial charge is 0.493 e. The molecule has 12 heteroatoms. The van der Waals surface area contributed by atoms with Crippen LogP contribution in [0, 0.1) is 17.5 Å². The molecule has 0 unspecified atom stereocenters. The van der Waals surface area contributed by atoms with Crippen molar-refractivity contribution in [3.8, 4) is 22.9 Å². The summed E-state index contributed by atoms with van der Waals surface area (Å²) >= 11 is 0. The molecule has 0 saturated heterocycles. The first-order valence-corrected chi connectivity index (χ1v) is 12.3. The number of hydrogen-bond acceptors (Lipinski definition) is 6. The summed E-state index contributed by atoms with van der Waals surface area (Å²) < 4.78 is 55.3. The molecule has 0 radical (unpaired) electrons. The SMILES string of the molecule is CCOc1ccn(-c2ccc(F)cc2)c(=O)c1C(=O)Nc1cc(F)c(Oc2ccnc(CC(=O)N(C)C)c2)cc1F. The number of rotatable bonds is 9. The fourth-order valence-corrected chi connectivity index (χ4v) is 3.75. The van der Waals surface area contributed by atoms with Crippen LogP contribution >= 0.6 is 0 Å². The summed E-state index contributed by atoms with van der Waals surface area (Å²) in [5.41, 5.74) is -1.19. The Morgan fingerprint density at radius 2 is 1.71 bits per heavy atom. The van der Waals surface area contributed by atoms with Gasteiger partial charge in [-0.15, -0.1) is 0 Å². The lowest BCUT2D eigenvalue weighted by molar-refractivity contribution is -0.128. The number of anilines is 1. The van der Waals surface area contributed by atoms with Gasteiger partial charge in [0, 0.05) is 50.4 Å². The zero-order valence-corrected chi connectivity index (χ0v) is 22.3. The molecular weight excluding hydrogens is 541 g/mol. The standard InChI is InChI=1S/C29H25F3N4O5/c1-4-40-24-10-12-36(19-7-5-17(30)6-8-19)29(39)27(24)28(38)34-23-15-22(32)25(16-21(23)31)41-20-9-11-33-18(13-20)14-26(37)35(2)3/h5-13,15-16H,4,14H2,1-3H3,(H,34,38). The number of carbonyl (C=O) groups excluding carboxylic acids is 2. The maximum atomic E-state index is 15.0. The minimum absolute atomic E-state index is 0.0158. The van der Waals surface area contributed by atoms with Gasteiger partial charge in [-0.25, -0.2) is 13.2 Å². The molecule has 0 spiro atoms. The lowest BCUT2D eigenvalue weighted by atomic mass is 10.2. The highest BCUT2D eigenvalue weighted by atomic mass is 19.1. The van der Waals surface area contributed by atoms with Gasteiger partial charge < -0.3 is 19.7 Å². The number of hydrogen-bond donors (Lipinski definition) is 1. The van der Waals surface area contributed by atoms with Gasteiger partial charge in [0.25, 0.3) is 11.5 Å². The number of amides is 2. The molecule has 0 atom stereocenters. The molecule has 2 amide bonds. The third-order valence-corrected chi connectivity index (χ3v) is 5.80. The molecule has 2 aromatic heterocycles. The van der Waals surface area contributed by atoms with Crippen LogP contribution < -0.4 is 20.3 Å². The molecule has 9 nitrogen and oxygen atoms in total. The Balaban J connectivity index is 1.60. The Labute approximate surface area is 232 Å². The fourth-order valence-electron chi connectivity index (χ4n) is 3.75. The van der Waals surface area contributed by atoms with E-state index in [1.165, 1.54) is 47.6 Å². The van der Waals surface area contributed by atoms with Gasteiger partial charge in [0.2, 0.25) is 5.91 Å². The number of likely N-dealkylation sites (N-methyl/N-ethyl adjacent to an activating group) is 1. The minimum atomic E-state index is -1.05. The molecule has 0 fully saturated rings. The van der Waals surface area contributed by atoms with Gasteiger partial charge in [0.05, 0.1) is 24.4 Å². The van der Waals surface area contributed by atoms with Crippen LogP contribution in [-0.2, 0) is 11.2 Å². The number of nitrogens with one attached hydrogen (secondary N) is 1. The first-order valence-electron chi connectivity index (χ1n) is 12.3. The summed E-state index contributed by atoms with van der Waals surface area (Å²) in [4.78, 5) is 43.8. The third-order valence-electron chi connectivity index (χ3n) is 5.80. The van der Waals surface area contributed by atoms with Crippen LogP contribution in [0.4, 0.5) is 18.9 Å². The van der Waals surface area contributed by atoms with Crippen molar-refractivity contribution in [2.45, 2.75) is 13.3 Å². The highest BCUT2D eigenvalue weighted by Crippen LogP contribution is 2.30. The van der Waals surface area contributed by atoms with Crippen molar-refractivity contribution in [1.82, 2.24) is 14.5 Å². The Morgan fingerprint density at radius 3 is 2.39 bits per heavy atom. The van der Waals surface area contributed by atoms with Crippen molar-refractivity contribution in [2.75, 3.05) is 26.0 Å². The lowest BCUT2D eigenvalue weighted by Gasteiger charge is -2.14. The van der Waals surface area contributed by atoms with Crippen LogP contribution in [0.15, 0.2) is 71.8 Å². The van der Waals surface area contributed by atoms with Crippen molar-refractivity contribution in [1.29, 1.82) is 0 Å². The van der Waals surface area contributed by atoms with Gasteiger partial charge in [-0.1, -0.05) is 0 Å². The molecular formula is C29H25F3N4O5. The van der Waals surface area contributed by atoms with Gasteiger partial charge in [-0.2, -0.15) is 0 Å². The third kappa shape index (κ3) is 6.72. The lowest BCUT2D eigenvalue weighted by Crippen LogP contribution is -2.29. The number of nitrogens with zero attached hydrogens (tertiary/aromatic N) is 3. The zero-order valence-electron chi connectivity index (χ0n) is 22.3. The topological polar surface area (TPSA) is 103 Å². The monoisotopic (exact) mass is 566 g/mol. The second-order valence-electron chi connectivity index (χ2n) is 8.91. The summed E-state index contributed by atoms with van der Waals surface area (Å²) in [5, 5.41) is 2.21. The van der Waals surface area contributed by atoms with Crippen molar-refractivity contribution >= 4 is 17.5 Å². The maximum Gasteiger partial charge on any atom is 0.271 e. The summed E-state index contributed by atoms with van der Waals surface area (Å²) in [6, 6.07) is 10.6. The number of aromatic nitrogens is 2. The highest BCUT2D eigenvalue weighted by molar-refractivity contribution is 6.06. The molecule has 0 saturated carbocycles. The minimum Gasteiger partial charge on any atom is -0.493 e. The van der Waals surface area contributed by atoms with E-state index in [4.69, 9.17) is 9.47 Å². The van der Waals surface area contributed by atoms with Crippen molar-refractivity contribution < 1.29 is 32.2 Å². The smallest absolute Gasteiger partial charge is 0.271 e. The molecule has 4 aromatic rings. The summed E-state index contributed by atoms with van der Waals surface area (Å²) in [6.45, 7) is 1.77. The molecule has 0 bridgehead atoms. The molecule has 0 aliphatic carbocycles. The van der Waals surface area contributed by atoms with Crippen LogP contribution in [0.3, 0.4) is 0 Å². The normalized spacial score (nSPS) is 10.7.